The molecule has 1 aliphatic rings. The van der Waals surface area contributed by atoms with E-state index < -0.39 is 0 Å². The van der Waals surface area contributed by atoms with E-state index in [0.717, 1.165) is 39.4 Å². The number of thiazole rings is 1. The van der Waals surface area contributed by atoms with Gasteiger partial charge in [0, 0.05) is 16.3 Å². The lowest BCUT2D eigenvalue weighted by Gasteiger charge is -2.34. The van der Waals surface area contributed by atoms with E-state index in [1.165, 1.54) is 12.8 Å². The highest BCUT2D eigenvalue weighted by atomic mass is 35.5. The Balaban J connectivity index is 1.85. The summed E-state index contributed by atoms with van der Waals surface area (Å²) in [5, 5.41) is 5.23. The molecule has 0 saturated heterocycles. The van der Waals surface area contributed by atoms with E-state index in [4.69, 9.17) is 22.3 Å². The van der Waals surface area contributed by atoms with Gasteiger partial charge in [0.25, 0.3) is 0 Å². The van der Waals surface area contributed by atoms with Gasteiger partial charge < -0.3 is 5.73 Å². The predicted molar refractivity (Wildman–Crippen MR) is 83.9 cm³/mol. The van der Waals surface area contributed by atoms with E-state index in [9.17, 15) is 0 Å². The first-order valence-electron chi connectivity index (χ1n) is 6.56. The third-order valence-corrected chi connectivity index (χ3v) is 6.11. The van der Waals surface area contributed by atoms with Gasteiger partial charge in [0.15, 0.2) is 0 Å². The molecule has 0 bridgehead atoms. The van der Waals surface area contributed by atoms with Crippen molar-refractivity contribution in [3.63, 3.8) is 0 Å². The van der Waals surface area contributed by atoms with Gasteiger partial charge in [-0.3, -0.25) is 0 Å². The third-order valence-electron chi connectivity index (χ3n) is 3.96. The number of nitrogens with two attached hydrogens (primary N) is 1. The molecular weight excluding hydrogens is 296 g/mol. The molecule has 2 aromatic heterocycles. The van der Waals surface area contributed by atoms with Gasteiger partial charge in [-0.15, -0.1) is 22.7 Å². The van der Waals surface area contributed by atoms with Crippen molar-refractivity contribution in [2.45, 2.75) is 38.1 Å². The maximum atomic E-state index is 6.56. The van der Waals surface area contributed by atoms with E-state index in [0.29, 0.717) is 0 Å². The van der Waals surface area contributed by atoms with Crippen LogP contribution in [0.2, 0.25) is 4.34 Å². The molecule has 2 N–H and O–H groups in total. The highest BCUT2D eigenvalue weighted by Crippen LogP contribution is 2.40. The highest BCUT2D eigenvalue weighted by molar-refractivity contribution is 7.14. The summed E-state index contributed by atoms with van der Waals surface area (Å²) < 4.78 is 0.804. The van der Waals surface area contributed by atoms with E-state index in [1.54, 1.807) is 22.7 Å². The molecule has 0 aromatic carbocycles. The Morgan fingerprint density at radius 1 is 1.32 bits per heavy atom. The van der Waals surface area contributed by atoms with Gasteiger partial charge in [-0.25, -0.2) is 4.98 Å². The third kappa shape index (κ3) is 2.72. The SMILES string of the molecule is CC1CCC(N)(c2nc(-c3csc(Cl)c3)cs2)CC1. The first kappa shape index (κ1) is 13.6. The molecule has 0 unspecified atom stereocenters. The van der Waals surface area contributed by atoms with E-state index >= 15 is 0 Å². The molecule has 1 aliphatic carbocycles. The number of aromatic nitrogens is 1. The van der Waals surface area contributed by atoms with Crippen molar-refractivity contribution in [1.29, 1.82) is 0 Å². The van der Waals surface area contributed by atoms with Crippen molar-refractivity contribution in [2.24, 2.45) is 11.7 Å². The predicted octanol–water partition coefficient (Wildman–Crippen LogP) is 4.89. The number of nitrogens with zero attached hydrogens (tertiary/aromatic N) is 1. The minimum absolute atomic E-state index is 0.213. The Morgan fingerprint density at radius 3 is 2.68 bits per heavy atom. The highest BCUT2D eigenvalue weighted by Gasteiger charge is 2.34. The number of rotatable bonds is 2. The van der Waals surface area contributed by atoms with Crippen LogP contribution in [0.4, 0.5) is 0 Å². The second kappa shape index (κ2) is 5.17. The van der Waals surface area contributed by atoms with Crippen LogP contribution >= 0.6 is 34.3 Å². The van der Waals surface area contributed by atoms with E-state index in [1.807, 2.05) is 11.4 Å². The van der Waals surface area contributed by atoms with Crippen LogP contribution in [-0.4, -0.2) is 4.98 Å². The Hall–Kier alpha value is -0.420. The molecule has 0 spiro atoms. The lowest BCUT2D eigenvalue weighted by Crippen LogP contribution is -2.40. The molecular formula is C14H17ClN2S2. The van der Waals surface area contributed by atoms with Gasteiger partial charge in [-0.2, -0.15) is 0 Å². The van der Waals surface area contributed by atoms with Crippen molar-refractivity contribution in [2.75, 3.05) is 0 Å². The summed E-state index contributed by atoms with van der Waals surface area (Å²) in [5.74, 6) is 0.798. The van der Waals surface area contributed by atoms with Crippen LogP contribution in [0, 0.1) is 5.92 Å². The van der Waals surface area contributed by atoms with Crippen molar-refractivity contribution >= 4 is 34.3 Å². The molecule has 2 heterocycles. The fourth-order valence-corrected chi connectivity index (χ4v) is 4.45. The Kier molecular flexibility index (Phi) is 3.69. The second-order valence-corrected chi connectivity index (χ2v) is 7.92. The molecule has 102 valence electrons. The number of hydrogen-bond donors (Lipinski definition) is 1. The van der Waals surface area contributed by atoms with Gasteiger partial charge >= 0.3 is 0 Å². The Morgan fingerprint density at radius 2 is 2.05 bits per heavy atom. The maximum absolute atomic E-state index is 6.56. The van der Waals surface area contributed by atoms with Crippen LogP contribution in [0.5, 0.6) is 0 Å². The zero-order chi connectivity index (χ0) is 13.5. The summed E-state index contributed by atoms with van der Waals surface area (Å²) in [4.78, 5) is 4.76. The minimum Gasteiger partial charge on any atom is -0.319 e. The lowest BCUT2D eigenvalue weighted by molar-refractivity contribution is 0.247. The zero-order valence-corrected chi connectivity index (χ0v) is 13.2. The van der Waals surface area contributed by atoms with Crippen molar-refractivity contribution in [3.05, 3.63) is 26.2 Å². The number of halogens is 1. The zero-order valence-electron chi connectivity index (χ0n) is 10.9. The quantitative estimate of drug-likeness (QED) is 0.857. The van der Waals surface area contributed by atoms with Gasteiger partial charge in [0.05, 0.1) is 15.6 Å². The smallest absolute Gasteiger partial charge is 0.113 e. The summed E-state index contributed by atoms with van der Waals surface area (Å²) in [7, 11) is 0. The van der Waals surface area contributed by atoms with Crippen LogP contribution in [-0.2, 0) is 5.54 Å². The topological polar surface area (TPSA) is 38.9 Å². The second-order valence-electron chi connectivity index (χ2n) is 5.52. The van der Waals surface area contributed by atoms with Crippen LogP contribution in [0.3, 0.4) is 0 Å². The Labute approximate surface area is 126 Å². The fraction of sp³-hybridized carbons (Fsp3) is 0.500. The molecule has 0 aliphatic heterocycles. The van der Waals surface area contributed by atoms with Crippen molar-refractivity contribution in [3.8, 4) is 11.3 Å². The van der Waals surface area contributed by atoms with Crippen LogP contribution < -0.4 is 5.73 Å². The minimum atomic E-state index is -0.213. The summed E-state index contributed by atoms with van der Waals surface area (Å²) in [5.41, 5.74) is 8.46. The van der Waals surface area contributed by atoms with Crippen LogP contribution in [0.15, 0.2) is 16.8 Å². The molecule has 0 atom stereocenters. The number of hydrogen-bond acceptors (Lipinski definition) is 4. The van der Waals surface area contributed by atoms with Gasteiger partial charge in [-0.1, -0.05) is 18.5 Å². The van der Waals surface area contributed by atoms with Crippen LogP contribution in [0.1, 0.15) is 37.6 Å². The summed E-state index contributed by atoms with van der Waals surface area (Å²) in [6.07, 6.45) is 4.50. The van der Waals surface area contributed by atoms with Crippen molar-refractivity contribution in [1.82, 2.24) is 4.98 Å². The van der Waals surface area contributed by atoms with E-state index in [-0.39, 0.29) is 5.54 Å². The molecule has 19 heavy (non-hydrogen) atoms. The summed E-state index contributed by atoms with van der Waals surface area (Å²) in [6.45, 7) is 2.31. The van der Waals surface area contributed by atoms with Crippen LogP contribution in [0.25, 0.3) is 11.3 Å². The normalized spacial score (nSPS) is 27.6. The standard InChI is InChI=1S/C14H17ClN2S2/c1-9-2-4-14(16,5-3-9)13-17-11(8-19-13)10-6-12(15)18-7-10/h6-9H,2-5,16H2,1H3. The first-order chi connectivity index (χ1) is 9.07. The van der Waals surface area contributed by atoms with Gasteiger partial charge in [0.2, 0.25) is 0 Å². The molecule has 2 nitrogen and oxygen atoms in total. The van der Waals surface area contributed by atoms with E-state index in [2.05, 4.69) is 12.3 Å². The monoisotopic (exact) mass is 312 g/mol. The number of thiophene rings is 1. The average molecular weight is 313 g/mol. The molecule has 0 radical (unpaired) electrons. The van der Waals surface area contributed by atoms with Crippen molar-refractivity contribution < 1.29 is 0 Å². The molecule has 1 saturated carbocycles. The molecule has 2 aromatic rings. The molecule has 3 rings (SSSR count). The largest absolute Gasteiger partial charge is 0.319 e. The average Bonchev–Trinajstić information content (AvgIpc) is 3.02. The van der Waals surface area contributed by atoms with Gasteiger partial charge in [-0.05, 0) is 37.7 Å². The maximum Gasteiger partial charge on any atom is 0.113 e. The van der Waals surface area contributed by atoms with Gasteiger partial charge in [0.1, 0.15) is 5.01 Å². The lowest BCUT2D eigenvalue weighted by atomic mass is 9.78. The summed E-state index contributed by atoms with van der Waals surface area (Å²) in [6, 6.07) is 1.97. The fourth-order valence-electron chi connectivity index (χ4n) is 2.57. The molecule has 0 amide bonds. The first-order valence-corrected chi connectivity index (χ1v) is 8.70. The summed E-state index contributed by atoms with van der Waals surface area (Å²) >= 11 is 9.21. The Bertz CT molecular complexity index is 568. The molecule has 5 heteroatoms. The molecule has 1 fully saturated rings.